The van der Waals surface area contributed by atoms with E-state index in [2.05, 4.69) is 29.9 Å². The normalized spacial score (nSPS) is 12.1. The number of nitrogens with one attached hydrogen (secondary N) is 1. The number of nitrogens with zero attached hydrogens (tertiary/aromatic N) is 6. The molecule has 1 aromatic carbocycles. The highest BCUT2D eigenvalue weighted by Crippen LogP contribution is 2.38. The van der Waals surface area contributed by atoms with Gasteiger partial charge in [-0.3, -0.25) is 14.3 Å². The third-order valence-corrected chi connectivity index (χ3v) is 7.10. The van der Waals surface area contributed by atoms with Gasteiger partial charge in [0.05, 0.1) is 45.2 Å². The molecule has 0 radical (unpaired) electrons. The van der Waals surface area contributed by atoms with E-state index in [1.807, 2.05) is 0 Å². The van der Waals surface area contributed by atoms with Crippen LogP contribution in [0.15, 0.2) is 49.1 Å². The second-order valence-corrected chi connectivity index (χ2v) is 9.89. The number of sulfonamides is 1. The Kier molecular flexibility index (Phi) is 7.47. The largest absolute Gasteiger partial charge is 0.495 e. The molecule has 0 aliphatic carbocycles. The van der Waals surface area contributed by atoms with E-state index in [-0.39, 0.29) is 24.0 Å². The second kappa shape index (κ2) is 10.7. The molecule has 37 heavy (non-hydrogen) atoms. The van der Waals surface area contributed by atoms with Gasteiger partial charge in [-0.25, -0.2) is 22.8 Å². The van der Waals surface area contributed by atoms with Crippen molar-refractivity contribution in [2.45, 2.75) is 18.6 Å². The molecule has 0 saturated carbocycles. The van der Waals surface area contributed by atoms with Gasteiger partial charge in [0.1, 0.15) is 28.8 Å². The zero-order valence-corrected chi connectivity index (χ0v) is 21.2. The van der Waals surface area contributed by atoms with Crippen LogP contribution in [0.3, 0.4) is 0 Å². The molecule has 14 heteroatoms. The third-order valence-electron chi connectivity index (χ3n) is 5.40. The van der Waals surface area contributed by atoms with Crippen molar-refractivity contribution in [1.82, 2.24) is 29.7 Å². The maximum absolute atomic E-state index is 13.3. The first-order valence-corrected chi connectivity index (χ1v) is 12.5. The third kappa shape index (κ3) is 5.43. The van der Waals surface area contributed by atoms with Gasteiger partial charge in [0.25, 0.3) is 0 Å². The molecule has 1 N–H and O–H groups in total. The molecule has 0 fully saturated rings. The number of hydrogen-bond acceptors (Lipinski definition) is 10. The summed E-state index contributed by atoms with van der Waals surface area (Å²) in [5.41, 5.74) is 0.862. The summed E-state index contributed by atoms with van der Waals surface area (Å²) >= 11 is 0. The Morgan fingerprint density at radius 3 is 2.30 bits per heavy atom. The average molecular weight is 530 g/mol. The summed E-state index contributed by atoms with van der Waals surface area (Å²) in [6, 6.07) is 6.80. The molecule has 0 amide bonds. The predicted molar refractivity (Wildman–Crippen MR) is 132 cm³/mol. The maximum Gasteiger partial charge on any atom is 0.243 e. The van der Waals surface area contributed by atoms with Crippen molar-refractivity contribution < 1.29 is 27.0 Å². The van der Waals surface area contributed by atoms with Crippen LogP contribution in [0.1, 0.15) is 12.7 Å². The summed E-state index contributed by atoms with van der Waals surface area (Å²) in [4.78, 5) is 11.9. The lowest BCUT2D eigenvalue weighted by atomic mass is 10.2. The summed E-state index contributed by atoms with van der Waals surface area (Å²) in [6.07, 6.45) is 4.96. The molecule has 12 nitrogen and oxygen atoms in total. The van der Waals surface area contributed by atoms with Crippen LogP contribution in [0.5, 0.6) is 17.2 Å². The van der Waals surface area contributed by atoms with Crippen molar-refractivity contribution in [3.05, 3.63) is 60.7 Å². The van der Waals surface area contributed by atoms with Crippen molar-refractivity contribution in [3.8, 4) is 34.3 Å². The summed E-state index contributed by atoms with van der Waals surface area (Å²) in [5.74, 6) is 0.919. The Balaban J connectivity index is 1.82. The van der Waals surface area contributed by atoms with E-state index < -0.39 is 21.1 Å². The lowest BCUT2D eigenvalue weighted by molar-refractivity contribution is 0.391. The Hall–Kier alpha value is -4.33. The van der Waals surface area contributed by atoms with Gasteiger partial charge < -0.3 is 14.2 Å². The topological polar surface area (TPSA) is 143 Å². The van der Waals surface area contributed by atoms with Gasteiger partial charge >= 0.3 is 0 Å². The van der Waals surface area contributed by atoms with Crippen LogP contribution in [-0.4, -0.2) is 64.7 Å². The van der Waals surface area contributed by atoms with Gasteiger partial charge in [0.2, 0.25) is 16.0 Å². The zero-order valence-electron chi connectivity index (χ0n) is 20.4. The number of aromatic nitrogens is 6. The van der Waals surface area contributed by atoms with Crippen molar-refractivity contribution in [2.75, 3.05) is 26.1 Å². The Labute approximate surface area is 212 Å². The van der Waals surface area contributed by atoms with Crippen LogP contribution in [0.25, 0.3) is 17.1 Å². The molecule has 0 bridgehead atoms. The first kappa shape index (κ1) is 25.8. The van der Waals surface area contributed by atoms with Crippen molar-refractivity contribution in [2.24, 2.45) is 0 Å². The molecule has 194 valence electrons. The minimum absolute atomic E-state index is 0.0611. The molecular weight excluding hydrogens is 505 g/mol. The summed E-state index contributed by atoms with van der Waals surface area (Å²) in [6.45, 7) is 1.48. The number of pyridine rings is 1. The number of hydrogen-bond donors (Lipinski definition) is 1. The molecule has 0 aliphatic heterocycles. The van der Waals surface area contributed by atoms with E-state index in [4.69, 9.17) is 14.2 Å². The van der Waals surface area contributed by atoms with Crippen molar-refractivity contribution in [1.29, 1.82) is 0 Å². The highest BCUT2D eigenvalue weighted by atomic mass is 32.2. The van der Waals surface area contributed by atoms with Gasteiger partial charge in [-0.2, -0.15) is 0 Å². The number of benzene rings is 1. The van der Waals surface area contributed by atoms with Crippen molar-refractivity contribution in [3.63, 3.8) is 0 Å². The summed E-state index contributed by atoms with van der Waals surface area (Å²) < 4.78 is 60.1. The van der Waals surface area contributed by atoms with Gasteiger partial charge in [-0.15, -0.1) is 10.2 Å². The quantitative estimate of drug-likeness (QED) is 0.326. The van der Waals surface area contributed by atoms with Crippen LogP contribution in [0, 0.1) is 5.82 Å². The average Bonchev–Trinajstić information content (AvgIpc) is 3.31. The number of halogens is 1. The van der Waals surface area contributed by atoms with E-state index in [0.29, 0.717) is 28.5 Å². The summed E-state index contributed by atoms with van der Waals surface area (Å²) in [7, 11) is 0.411. The Morgan fingerprint density at radius 2 is 1.68 bits per heavy atom. The monoisotopic (exact) mass is 529 g/mol. The minimum atomic E-state index is -4.04. The van der Waals surface area contributed by atoms with Gasteiger partial charge in [0.15, 0.2) is 11.6 Å². The maximum atomic E-state index is 13.3. The number of methoxy groups -OCH3 is 3. The first-order valence-electron chi connectivity index (χ1n) is 10.9. The zero-order chi connectivity index (χ0) is 26.6. The van der Waals surface area contributed by atoms with E-state index in [9.17, 15) is 12.8 Å². The Bertz CT molecular complexity index is 1470. The fourth-order valence-corrected chi connectivity index (χ4v) is 4.45. The molecule has 0 aliphatic rings. The van der Waals surface area contributed by atoms with Crippen LogP contribution in [-0.2, 0) is 16.4 Å². The Morgan fingerprint density at radius 1 is 1.00 bits per heavy atom. The molecular formula is C23H24FN7O5S. The fourth-order valence-electron chi connectivity index (χ4n) is 3.49. The number of anilines is 1. The minimum Gasteiger partial charge on any atom is -0.495 e. The van der Waals surface area contributed by atoms with E-state index in [0.717, 1.165) is 12.4 Å². The van der Waals surface area contributed by atoms with Gasteiger partial charge in [0, 0.05) is 18.2 Å². The predicted octanol–water partition coefficient (Wildman–Crippen LogP) is 2.66. The molecule has 4 aromatic rings. The lowest BCUT2D eigenvalue weighted by Gasteiger charge is -2.19. The van der Waals surface area contributed by atoms with Crippen LogP contribution < -0.4 is 18.9 Å². The molecule has 0 unspecified atom stereocenters. The highest BCUT2D eigenvalue weighted by Gasteiger charge is 2.28. The van der Waals surface area contributed by atoms with E-state index >= 15 is 0 Å². The van der Waals surface area contributed by atoms with E-state index in [1.54, 1.807) is 24.3 Å². The second-order valence-electron chi connectivity index (χ2n) is 7.79. The van der Waals surface area contributed by atoms with E-state index in [1.165, 1.54) is 45.2 Å². The number of para-hydroxylation sites is 1. The number of ether oxygens (including phenoxy) is 3. The molecule has 3 aromatic heterocycles. The van der Waals surface area contributed by atoms with Crippen LogP contribution >= 0.6 is 0 Å². The lowest BCUT2D eigenvalue weighted by Crippen LogP contribution is -2.29. The smallest absolute Gasteiger partial charge is 0.243 e. The standard InChI is InChI=1S/C23H24FN7O5S/c1-14(8-20-26-11-16(24)12-27-20)37(32,33)30-23-29-28-22(15-9-17(34-2)13-25-10-15)31(23)21-18(35-3)6-5-7-19(21)36-4/h5-7,9-14H,8H2,1-4H3,(H,29,30)/t14-/m1/s1. The van der Waals surface area contributed by atoms with Gasteiger partial charge in [-0.05, 0) is 25.1 Å². The first-order chi connectivity index (χ1) is 17.8. The number of rotatable bonds is 10. The summed E-state index contributed by atoms with van der Waals surface area (Å²) in [5, 5.41) is 7.37. The van der Waals surface area contributed by atoms with Crippen LogP contribution in [0.4, 0.5) is 10.3 Å². The molecule has 3 heterocycles. The molecule has 0 spiro atoms. The van der Waals surface area contributed by atoms with Gasteiger partial charge in [-0.1, -0.05) is 6.07 Å². The molecule has 0 saturated heterocycles. The molecule has 4 rings (SSSR count). The molecule has 1 atom stereocenters. The fraction of sp³-hybridized carbons (Fsp3) is 0.261. The van der Waals surface area contributed by atoms with Crippen molar-refractivity contribution >= 4 is 16.0 Å². The SMILES string of the molecule is COc1cncc(-c2nnc(NS(=O)(=O)[C@H](C)Cc3ncc(F)cn3)n2-c2c(OC)cccc2OC)c1. The van der Waals surface area contributed by atoms with Crippen LogP contribution in [0.2, 0.25) is 0 Å². The highest BCUT2D eigenvalue weighted by molar-refractivity contribution is 7.93.